The molecule has 2 rings (SSSR count). The third kappa shape index (κ3) is 6.95. The van der Waals surface area contributed by atoms with Crippen LogP contribution in [0.5, 0.6) is 0 Å². The number of hydrogen-bond acceptors (Lipinski definition) is 10. The fourth-order valence-electron chi connectivity index (χ4n) is 5.98. The first-order valence-electron chi connectivity index (χ1n) is 14.0. The predicted molar refractivity (Wildman–Crippen MR) is 139 cm³/mol. The van der Waals surface area contributed by atoms with Gasteiger partial charge in [0.2, 0.25) is 0 Å². The number of hydrogen-bond donors (Lipinski definition) is 5. The molecule has 5 N–H and O–H groups in total. The van der Waals surface area contributed by atoms with E-state index >= 15 is 0 Å². The molecule has 0 aliphatic carbocycles. The van der Waals surface area contributed by atoms with E-state index in [-0.39, 0.29) is 12.2 Å². The summed E-state index contributed by atoms with van der Waals surface area (Å²) in [4.78, 5) is 26.6. The van der Waals surface area contributed by atoms with Gasteiger partial charge in [-0.25, -0.2) is 0 Å². The van der Waals surface area contributed by atoms with E-state index in [1.165, 1.54) is 6.92 Å². The van der Waals surface area contributed by atoms with Gasteiger partial charge in [0.15, 0.2) is 6.29 Å². The fraction of sp³-hybridized carbons (Fsp3) is 0.929. The van der Waals surface area contributed by atoms with Crippen molar-refractivity contribution in [2.45, 2.75) is 130 Å². The number of aliphatic hydroxyl groups excluding tert-OH is 4. The van der Waals surface area contributed by atoms with Crippen LogP contribution in [-0.2, 0) is 23.8 Å². The number of aliphatic hydroxyl groups is 5. The molecule has 10 nitrogen and oxygen atoms in total. The minimum atomic E-state index is -1.57. The van der Waals surface area contributed by atoms with Gasteiger partial charge in [-0.1, -0.05) is 41.5 Å². The summed E-state index contributed by atoms with van der Waals surface area (Å²) in [7, 11) is 0. The van der Waals surface area contributed by atoms with E-state index in [0.717, 1.165) is 0 Å². The van der Waals surface area contributed by atoms with Crippen molar-refractivity contribution in [1.82, 2.24) is 0 Å². The zero-order valence-electron chi connectivity index (χ0n) is 24.3. The molecule has 222 valence electrons. The van der Waals surface area contributed by atoms with Gasteiger partial charge in [-0.2, -0.15) is 0 Å². The fourth-order valence-corrected chi connectivity index (χ4v) is 5.98. The Morgan fingerprint density at radius 3 is 2.00 bits per heavy atom. The monoisotopic (exact) mass is 546 g/mol. The van der Waals surface area contributed by atoms with E-state index < -0.39 is 96.1 Å². The Labute approximate surface area is 226 Å². The third-order valence-electron chi connectivity index (χ3n) is 9.21. The summed E-state index contributed by atoms with van der Waals surface area (Å²) >= 11 is 0. The molecule has 0 bridgehead atoms. The molecular weight excluding hydrogens is 496 g/mol. The van der Waals surface area contributed by atoms with Gasteiger partial charge in [0.05, 0.1) is 29.8 Å². The van der Waals surface area contributed by atoms with Crippen LogP contribution in [0.25, 0.3) is 0 Å². The molecule has 0 saturated carbocycles. The van der Waals surface area contributed by atoms with E-state index in [9.17, 15) is 35.1 Å². The van der Waals surface area contributed by atoms with Crippen molar-refractivity contribution in [2.24, 2.45) is 35.5 Å². The zero-order valence-corrected chi connectivity index (χ0v) is 24.3. The summed E-state index contributed by atoms with van der Waals surface area (Å²) in [5, 5.41) is 53.5. The number of Topliss-reactive ketones (excluding diaryl/α,β-unsaturated/α-hetero) is 1. The van der Waals surface area contributed by atoms with Gasteiger partial charge in [0.1, 0.15) is 30.2 Å². The first kappa shape index (κ1) is 33.1. The number of ether oxygens (including phenoxy) is 3. The lowest BCUT2D eigenvalue weighted by atomic mass is 9.71. The van der Waals surface area contributed by atoms with Crippen molar-refractivity contribution in [3.8, 4) is 0 Å². The Balaban J connectivity index is 2.50. The molecule has 38 heavy (non-hydrogen) atoms. The second kappa shape index (κ2) is 13.0. The van der Waals surface area contributed by atoms with Crippen molar-refractivity contribution in [3.63, 3.8) is 0 Å². The Hall–Kier alpha value is -1.14. The molecule has 2 aliphatic rings. The molecule has 0 aromatic rings. The first-order chi connectivity index (χ1) is 17.5. The van der Waals surface area contributed by atoms with Gasteiger partial charge in [-0.3, -0.25) is 9.59 Å². The number of carbonyl (C=O) groups excluding carboxylic acids is 2. The maximum Gasteiger partial charge on any atom is 0.311 e. The summed E-state index contributed by atoms with van der Waals surface area (Å²) in [6, 6.07) is 0. The molecule has 2 aliphatic heterocycles. The molecule has 15 atom stereocenters. The lowest BCUT2D eigenvalue weighted by Crippen LogP contribution is -2.59. The van der Waals surface area contributed by atoms with Crippen LogP contribution < -0.4 is 0 Å². The highest BCUT2D eigenvalue weighted by molar-refractivity contribution is 5.83. The minimum Gasteiger partial charge on any atom is -0.462 e. The predicted octanol–water partition coefficient (Wildman–Crippen LogP) is 1.42. The van der Waals surface area contributed by atoms with E-state index in [1.807, 2.05) is 13.8 Å². The van der Waals surface area contributed by atoms with Crippen LogP contribution in [0.1, 0.15) is 75.2 Å². The second-order valence-electron chi connectivity index (χ2n) is 12.1. The molecule has 0 radical (unpaired) electrons. The lowest BCUT2D eigenvalue weighted by molar-refractivity contribution is -0.313. The molecular formula is C28H50O10. The van der Waals surface area contributed by atoms with Gasteiger partial charge < -0.3 is 39.7 Å². The molecule has 0 aromatic heterocycles. The van der Waals surface area contributed by atoms with Gasteiger partial charge in [-0.15, -0.1) is 0 Å². The number of cyclic esters (lactones) is 1. The smallest absolute Gasteiger partial charge is 0.311 e. The zero-order chi connectivity index (χ0) is 29.3. The molecule has 0 spiro atoms. The molecule has 2 heterocycles. The van der Waals surface area contributed by atoms with Gasteiger partial charge >= 0.3 is 5.97 Å². The van der Waals surface area contributed by atoms with Crippen molar-refractivity contribution in [2.75, 3.05) is 0 Å². The highest BCUT2D eigenvalue weighted by atomic mass is 16.7. The van der Waals surface area contributed by atoms with Crippen LogP contribution in [0.15, 0.2) is 0 Å². The third-order valence-corrected chi connectivity index (χ3v) is 9.21. The molecule has 5 unspecified atom stereocenters. The summed E-state index contributed by atoms with van der Waals surface area (Å²) in [5.41, 5.74) is -1.35. The maximum absolute atomic E-state index is 13.4. The SMILES string of the molecule is CC[C@H]1OC(=O)[C@H](C)[C@@H](OC2OC(C)C(O)C(O)C2O)[C@H](C)[C@@H](C)[C@](C)(O)C[C@@H](C)C(=O)[C@H](C)[C@@H](O)[C@H]1C. The van der Waals surface area contributed by atoms with E-state index in [2.05, 4.69) is 0 Å². The second-order valence-corrected chi connectivity index (χ2v) is 12.1. The van der Waals surface area contributed by atoms with Crippen LogP contribution in [0.4, 0.5) is 0 Å². The maximum atomic E-state index is 13.4. The summed E-state index contributed by atoms with van der Waals surface area (Å²) in [6.07, 6.45) is -8.65. The van der Waals surface area contributed by atoms with Crippen molar-refractivity contribution < 1.29 is 49.3 Å². The Morgan fingerprint density at radius 2 is 1.45 bits per heavy atom. The highest BCUT2D eigenvalue weighted by Gasteiger charge is 2.48. The van der Waals surface area contributed by atoms with Crippen LogP contribution in [0, 0.1) is 35.5 Å². The van der Waals surface area contributed by atoms with E-state index in [4.69, 9.17) is 14.2 Å². The number of esters is 1. The first-order valence-corrected chi connectivity index (χ1v) is 14.0. The Kier molecular flexibility index (Phi) is 11.3. The minimum absolute atomic E-state index is 0.135. The summed E-state index contributed by atoms with van der Waals surface area (Å²) in [5.74, 6) is -4.41. The quantitative estimate of drug-likeness (QED) is 0.327. The average molecular weight is 547 g/mol. The highest BCUT2D eigenvalue weighted by Crippen LogP contribution is 2.38. The van der Waals surface area contributed by atoms with E-state index in [0.29, 0.717) is 6.42 Å². The average Bonchev–Trinajstić information content (AvgIpc) is 2.87. The molecule has 0 aromatic carbocycles. The Morgan fingerprint density at radius 1 is 0.868 bits per heavy atom. The van der Waals surface area contributed by atoms with Crippen molar-refractivity contribution in [3.05, 3.63) is 0 Å². The molecule has 2 saturated heterocycles. The van der Waals surface area contributed by atoms with Crippen LogP contribution in [0.3, 0.4) is 0 Å². The van der Waals surface area contributed by atoms with Crippen molar-refractivity contribution in [1.29, 1.82) is 0 Å². The van der Waals surface area contributed by atoms with Crippen molar-refractivity contribution >= 4 is 11.8 Å². The normalized spacial score (nSPS) is 50.3. The van der Waals surface area contributed by atoms with Gasteiger partial charge in [0, 0.05) is 17.8 Å². The number of rotatable bonds is 3. The summed E-state index contributed by atoms with van der Waals surface area (Å²) < 4.78 is 17.7. The number of carbonyl (C=O) groups is 2. The number of ketones is 1. The Bertz CT molecular complexity index is 803. The van der Waals surface area contributed by atoms with Crippen LogP contribution >= 0.6 is 0 Å². The van der Waals surface area contributed by atoms with Crippen LogP contribution in [0.2, 0.25) is 0 Å². The summed E-state index contributed by atoms with van der Waals surface area (Å²) in [6.45, 7) is 15.4. The molecule has 0 amide bonds. The lowest BCUT2D eigenvalue weighted by Gasteiger charge is -2.45. The largest absolute Gasteiger partial charge is 0.462 e. The van der Waals surface area contributed by atoms with E-state index in [1.54, 1.807) is 41.5 Å². The topological polar surface area (TPSA) is 163 Å². The van der Waals surface area contributed by atoms with Gasteiger partial charge in [-0.05, 0) is 45.4 Å². The van der Waals surface area contributed by atoms with Crippen LogP contribution in [-0.4, -0.2) is 91.9 Å². The molecule has 10 heteroatoms. The van der Waals surface area contributed by atoms with Gasteiger partial charge in [0.25, 0.3) is 0 Å². The standard InChI is InChI=1S/C28H50O10/c1-10-19-14(4)21(30)15(5)20(29)12(2)11-28(9,35)17(7)13(3)25(16(6)26(34)37-19)38-27-24(33)23(32)22(31)18(8)36-27/h12-19,21-25,27,30-33,35H,10-11H2,1-9H3/t12-,13-,14+,15+,16-,17-,18?,19-,21+,22?,23?,24?,25+,27?,28-/m1/s1. The molecule has 2 fully saturated rings.